The fourth-order valence-corrected chi connectivity index (χ4v) is 2.62. The minimum Gasteiger partial charge on any atom is -0.503 e. The summed E-state index contributed by atoms with van der Waals surface area (Å²) in [6.45, 7) is 6.02. The first kappa shape index (κ1) is 16.2. The molecule has 2 heterocycles. The van der Waals surface area contributed by atoms with Gasteiger partial charge >= 0.3 is 0 Å². The van der Waals surface area contributed by atoms with Gasteiger partial charge in [-0.25, -0.2) is 0 Å². The maximum atomic E-state index is 11.8. The molecular formula is C17H23N3O2. The molecule has 0 bridgehead atoms. The first-order valence-corrected chi connectivity index (χ1v) is 7.52. The van der Waals surface area contributed by atoms with Gasteiger partial charge in [-0.05, 0) is 45.0 Å². The molecule has 0 unspecified atom stereocenters. The number of hydrogen-bond acceptors (Lipinski definition) is 4. The molecule has 118 valence electrons. The van der Waals surface area contributed by atoms with Crippen LogP contribution < -0.4 is 5.43 Å². The van der Waals surface area contributed by atoms with Gasteiger partial charge in [-0.15, -0.1) is 0 Å². The Morgan fingerprint density at radius 2 is 2.00 bits per heavy atom. The standard InChI is InChI=1S/C17H23N3O2/c1-4-20-13(2)11-16(21)17(22)15(20)12-19(3)10-7-14-5-8-18-9-6-14/h5-6,8-9,11,22H,4,7,10,12H2,1-3H3. The van der Waals surface area contributed by atoms with E-state index in [0.29, 0.717) is 12.2 Å². The number of hydrogen-bond donors (Lipinski definition) is 1. The van der Waals surface area contributed by atoms with Crippen LogP contribution in [0, 0.1) is 6.92 Å². The van der Waals surface area contributed by atoms with Crippen LogP contribution >= 0.6 is 0 Å². The predicted molar refractivity (Wildman–Crippen MR) is 87.1 cm³/mol. The lowest BCUT2D eigenvalue weighted by molar-refractivity contribution is 0.310. The normalized spacial score (nSPS) is 11.1. The van der Waals surface area contributed by atoms with E-state index in [1.165, 1.54) is 11.6 Å². The number of aromatic nitrogens is 2. The summed E-state index contributed by atoms with van der Waals surface area (Å²) < 4.78 is 1.99. The Morgan fingerprint density at radius 3 is 2.64 bits per heavy atom. The molecule has 2 aromatic rings. The summed E-state index contributed by atoms with van der Waals surface area (Å²) in [5.74, 6) is -0.136. The number of pyridine rings is 2. The highest BCUT2D eigenvalue weighted by molar-refractivity contribution is 5.29. The minimum atomic E-state index is -0.306. The second kappa shape index (κ2) is 7.22. The molecule has 1 N–H and O–H groups in total. The molecule has 2 rings (SSSR count). The van der Waals surface area contributed by atoms with E-state index in [4.69, 9.17) is 0 Å². The molecular weight excluding hydrogens is 278 g/mol. The third kappa shape index (κ3) is 3.74. The molecule has 0 spiro atoms. The van der Waals surface area contributed by atoms with Crippen molar-refractivity contribution in [1.82, 2.24) is 14.5 Å². The summed E-state index contributed by atoms with van der Waals surface area (Å²) in [5, 5.41) is 10.1. The van der Waals surface area contributed by atoms with Gasteiger partial charge in [0.15, 0.2) is 5.75 Å². The second-order valence-corrected chi connectivity index (χ2v) is 5.53. The van der Waals surface area contributed by atoms with Crippen LogP contribution in [0.15, 0.2) is 35.4 Å². The molecule has 2 aromatic heterocycles. The van der Waals surface area contributed by atoms with Gasteiger partial charge in [0.1, 0.15) is 0 Å². The zero-order valence-corrected chi connectivity index (χ0v) is 13.4. The van der Waals surface area contributed by atoms with Gasteiger partial charge in [-0.3, -0.25) is 9.78 Å². The third-order valence-corrected chi connectivity index (χ3v) is 3.87. The highest BCUT2D eigenvalue weighted by atomic mass is 16.3. The predicted octanol–water partition coefficient (Wildman–Crippen LogP) is 1.95. The minimum absolute atomic E-state index is 0.136. The molecule has 22 heavy (non-hydrogen) atoms. The Balaban J connectivity index is 2.11. The maximum Gasteiger partial charge on any atom is 0.223 e. The topological polar surface area (TPSA) is 58.4 Å². The van der Waals surface area contributed by atoms with Gasteiger partial charge in [-0.2, -0.15) is 0 Å². The molecule has 0 saturated carbocycles. The molecule has 0 fully saturated rings. The zero-order chi connectivity index (χ0) is 16.1. The van der Waals surface area contributed by atoms with Crippen LogP contribution in [0.4, 0.5) is 0 Å². The van der Waals surface area contributed by atoms with Crippen LogP contribution in [0.25, 0.3) is 0 Å². The number of aromatic hydroxyl groups is 1. The summed E-state index contributed by atoms with van der Waals surface area (Å²) in [4.78, 5) is 17.9. The number of nitrogens with zero attached hydrogens (tertiary/aromatic N) is 3. The Hall–Kier alpha value is -2.14. The van der Waals surface area contributed by atoms with E-state index >= 15 is 0 Å². The average Bonchev–Trinajstić information content (AvgIpc) is 2.51. The lowest BCUT2D eigenvalue weighted by atomic mass is 10.2. The highest BCUT2D eigenvalue weighted by Gasteiger charge is 2.14. The highest BCUT2D eigenvalue weighted by Crippen LogP contribution is 2.16. The van der Waals surface area contributed by atoms with Crippen molar-refractivity contribution in [1.29, 1.82) is 0 Å². The van der Waals surface area contributed by atoms with Crippen LogP contribution in [0.3, 0.4) is 0 Å². The SMILES string of the molecule is CCn1c(C)cc(=O)c(O)c1CN(C)CCc1ccncc1. The number of rotatable bonds is 6. The largest absolute Gasteiger partial charge is 0.503 e. The monoisotopic (exact) mass is 301 g/mol. The third-order valence-electron chi connectivity index (χ3n) is 3.87. The van der Waals surface area contributed by atoms with Gasteiger partial charge in [0.05, 0.1) is 5.69 Å². The second-order valence-electron chi connectivity index (χ2n) is 5.53. The van der Waals surface area contributed by atoms with Crippen LogP contribution in [0.2, 0.25) is 0 Å². The lowest BCUT2D eigenvalue weighted by Gasteiger charge is -2.22. The van der Waals surface area contributed by atoms with E-state index < -0.39 is 0 Å². The van der Waals surface area contributed by atoms with Crippen molar-refractivity contribution < 1.29 is 5.11 Å². The van der Waals surface area contributed by atoms with Crippen molar-refractivity contribution in [2.24, 2.45) is 0 Å². The molecule has 0 aromatic carbocycles. The summed E-state index contributed by atoms with van der Waals surface area (Å²) in [6.07, 6.45) is 4.48. The fourth-order valence-electron chi connectivity index (χ4n) is 2.62. The molecule has 0 amide bonds. The van der Waals surface area contributed by atoms with Gasteiger partial charge < -0.3 is 14.6 Å². The van der Waals surface area contributed by atoms with E-state index in [2.05, 4.69) is 9.88 Å². The van der Waals surface area contributed by atoms with Crippen LogP contribution in [0.1, 0.15) is 23.9 Å². The van der Waals surface area contributed by atoms with Gasteiger partial charge in [-0.1, -0.05) is 0 Å². The van der Waals surface area contributed by atoms with E-state index in [1.807, 2.05) is 37.6 Å². The van der Waals surface area contributed by atoms with Crippen molar-refractivity contribution in [3.05, 3.63) is 57.8 Å². The van der Waals surface area contributed by atoms with Crippen molar-refractivity contribution in [2.75, 3.05) is 13.6 Å². The summed E-state index contributed by atoms with van der Waals surface area (Å²) in [7, 11) is 1.99. The molecule has 5 nitrogen and oxygen atoms in total. The quantitative estimate of drug-likeness (QED) is 0.886. The van der Waals surface area contributed by atoms with Crippen LogP contribution in [-0.2, 0) is 19.5 Å². The van der Waals surface area contributed by atoms with Crippen molar-refractivity contribution >= 4 is 0 Å². The smallest absolute Gasteiger partial charge is 0.223 e. The Bertz CT molecular complexity index is 680. The first-order valence-electron chi connectivity index (χ1n) is 7.52. The molecule has 0 atom stereocenters. The Kier molecular flexibility index (Phi) is 5.33. The molecule has 0 saturated heterocycles. The van der Waals surface area contributed by atoms with Gasteiger partial charge in [0.25, 0.3) is 0 Å². The summed E-state index contributed by atoms with van der Waals surface area (Å²) in [5.41, 5.74) is 2.48. The average molecular weight is 301 g/mol. The van der Waals surface area contributed by atoms with E-state index in [-0.39, 0.29) is 11.2 Å². The molecule has 0 radical (unpaired) electrons. The van der Waals surface area contributed by atoms with Crippen molar-refractivity contribution in [2.45, 2.75) is 33.4 Å². The molecule has 0 aliphatic rings. The van der Waals surface area contributed by atoms with Crippen LogP contribution in [0.5, 0.6) is 5.75 Å². The van der Waals surface area contributed by atoms with E-state index in [9.17, 15) is 9.90 Å². The summed E-state index contributed by atoms with van der Waals surface area (Å²) >= 11 is 0. The zero-order valence-electron chi connectivity index (χ0n) is 13.4. The fraction of sp³-hybridized carbons (Fsp3) is 0.412. The first-order chi connectivity index (χ1) is 10.5. The Labute approximate surface area is 130 Å². The van der Waals surface area contributed by atoms with E-state index in [1.54, 1.807) is 12.4 Å². The number of aryl methyl sites for hydroxylation is 1. The molecule has 5 heteroatoms. The maximum absolute atomic E-state index is 11.8. The number of likely N-dealkylation sites (N-methyl/N-ethyl adjacent to an activating group) is 1. The van der Waals surface area contributed by atoms with Gasteiger partial charge in [0, 0.05) is 43.8 Å². The Morgan fingerprint density at radius 1 is 1.32 bits per heavy atom. The van der Waals surface area contributed by atoms with E-state index in [0.717, 1.165) is 25.2 Å². The lowest BCUT2D eigenvalue weighted by Crippen LogP contribution is -2.25. The molecule has 0 aliphatic carbocycles. The molecule has 0 aliphatic heterocycles. The van der Waals surface area contributed by atoms with Gasteiger partial charge in [0.2, 0.25) is 5.43 Å². The van der Waals surface area contributed by atoms with Crippen molar-refractivity contribution in [3.8, 4) is 5.75 Å². The van der Waals surface area contributed by atoms with Crippen LogP contribution in [-0.4, -0.2) is 33.1 Å². The van der Waals surface area contributed by atoms with Crippen molar-refractivity contribution in [3.63, 3.8) is 0 Å². The summed E-state index contributed by atoms with van der Waals surface area (Å²) in [6, 6.07) is 5.49.